The van der Waals surface area contributed by atoms with Crippen molar-refractivity contribution in [2.24, 2.45) is 0 Å². The third-order valence-corrected chi connectivity index (χ3v) is 1.71. The molecule has 0 atom stereocenters. The van der Waals surface area contributed by atoms with Gasteiger partial charge < -0.3 is 0 Å². The summed E-state index contributed by atoms with van der Waals surface area (Å²) in [6.45, 7) is 0. The van der Waals surface area contributed by atoms with Gasteiger partial charge in [0.05, 0.1) is 0 Å². The molecule has 0 saturated carbocycles. The number of aromatic nitrogens is 2. The minimum Gasteiger partial charge on any atom is -0.216 e. The van der Waals surface area contributed by atoms with Crippen LogP contribution >= 0.6 is 0 Å². The highest BCUT2D eigenvalue weighted by Crippen LogP contribution is 2.52. The van der Waals surface area contributed by atoms with E-state index in [1.807, 2.05) is 0 Å². The first-order valence-corrected chi connectivity index (χ1v) is 3.71. The van der Waals surface area contributed by atoms with Crippen molar-refractivity contribution < 1.29 is 30.7 Å². The lowest BCUT2D eigenvalue weighted by atomic mass is 10.0. The quantitative estimate of drug-likeness (QED) is 0.714. The molecule has 0 saturated heterocycles. The van der Waals surface area contributed by atoms with Crippen molar-refractivity contribution in [2.75, 3.05) is 0 Å². The van der Waals surface area contributed by atoms with Crippen molar-refractivity contribution in [2.45, 2.75) is 18.0 Å². The maximum absolute atomic E-state index is 13.2. The average Bonchev–Trinajstić information content (AvgIpc) is 2.14. The molecule has 9 heteroatoms. The minimum atomic E-state index is -6.15. The van der Waals surface area contributed by atoms with Gasteiger partial charge in [0.15, 0.2) is 0 Å². The normalized spacial score (nSPS) is 13.9. The highest BCUT2D eigenvalue weighted by atomic mass is 19.4. The Labute approximate surface area is 84.1 Å². The molecule has 1 heterocycles. The van der Waals surface area contributed by atoms with Crippen LogP contribution in [0.5, 0.6) is 0 Å². The van der Waals surface area contributed by atoms with Gasteiger partial charge in [0.2, 0.25) is 0 Å². The third kappa shape index (κ3) is 1.81. The Morgan fingerprint density at radius 2 is 1.38 bits per heavy atom. The molecular weight excluding hydrogens is 245 g/mol. The molecule has 2 nitrogen and oxygen atoms in total. The molecule has 0 unspecified atom stereocenters. The van der Waals surface area contributed by atoms with E-state index in [0.717, 1.165) is 12.3 Å². The zero-order chi connectivity index (χ0) is 12.6. The van der Waals surface area contributed by atoms with E-state index in [1.54, 1.807) is 0 Å². The van der Waals surface area contributed by atoms with Crippen molar-refractivity contribution in [1.29, 1.82) is 0 Å². The van der Waals surface area contributed by atoms with Crippen LogP contribution in [-0.2, 0) is 5.67 Å². The van der Waals surface area contributed by atoms with Crippen LogP contribution in [0.25, 0.3) is 0 Å². The fourth-order valence-corrected chi connectivity index (χ4v) is 0.936. The van der Waals surface area contributed by atoms with Crippen LogP contribution in [0, 0.1) is 0 Å². The second kappa shape index (κ2) is 3.56. The number of hydrogen-bond donors (Lipinski definition) is 0. The molecular formula is C7H3F7N2. The summed E-state index contributed by atoms with van der Waals surface area (Å²) in [5.74, 6) is 0. The zero-order valence-corrected chi connectivity index (χ0v) is 7.27. The van der Waals surface area contributed by atoms with Gasteiger partial charge in [-0.1, -0.05) is 0 Å². The lowest BCUT2D eigenvalue weighted by Crippen LogP contribution is -2.51. The van der Waals surface area contributed by atoms with E-state index in [1.165, 1.54) is 0 Å². The van der Waals surface area contributed by atoms with Crippen LogP contribution in [0.15, 0.2) is 18.3 Å². The lowest BCUT2D eigenvalue weighted by Gasteiger charge is -2.28. The summed E-state index contributed by atoms with van der Waals surface area (Å²) < 4.78 is 85.9. The Morgan fingerprint density at radius 1 is 0.875 bits per heavy atom. The van der Waals surface area contributed by atoms with Gasteiger partial charge >= 0.3 is 18.0 Å². The molecule has 0 radical (unpaired) electrons. The van der Waals surface area contributed by atoms with Gasteiger partial charge in [-0.05, 0) is 12.1 Å². The predicted molar refractivity (Wildman–Crippen MR) is 36.9 cm³/mol. The van der Waals surface area contributed by atoms with Crippen molar-refractivity contribution in [3.8, 4) is 0 Å². The molecule has 1 rings (SSSR count). The molecule has 1 aromatic rings. The van der Waals surface area contributed by atoms with Gasteiger partial charge in [0.25, 0.3) is 0 Å². The summed E-state index contributed by atoms with van der Waals surface area (Å²) in [6, 6.07) is 1.00. The van der Waals surface area contributed by atoms with E-state index in [9.17, 15) is 30.7 Å². The monoisotopic (exact) mass is 248 g/mol. The van der Waals surface area contributed by atoms with Crippen LogP contribution in [0.1, 0.15) is 5.69 Å². The molecule has 90 valence electrons. The number of hydrogen-bond acceptors (Lipinski definition) is 2. The summed E-state index contributed by atoms with van der Waals surface area (Å²) in [6.07, 6.45) is -11.5. The first kappa shape index (κ1) is 12.7. The fourth-order valence-electron chi connectivity index (χ4n) is 0.936. The molecule has 0 aromatic carbocycles. The number of rotatable bonds is 1. The van der Waals surface area contributed by atoms with E-state index >= 15 is 0 Å². The van der Waals surface area contributed by atoms with Crippen molar-refractivity contribution in [3.63, 3.8) is 0 Å². The summed E-state index contributed by atoms with van der Waals surface area (Å²) >= 11 is 0. The molecule has 0 N–H and O–H groups in total. The van der Waals surface area contributed by atoms with Gasteiger partial charge in [0, 0.05) is 6.20 Å². The molecule has 0 aliphatic heterocycles. The Kier molecular flexibility index (Phi) is 2.82. The average molecular weight is 248 g/mol. The predicted octanol–water partition coefficient (Wildman–Crippen LogP) is 2.77. The zero-order valence-electron chi connectivity index (χ0n) is 7.27. The van der Waals surface area contributed by atoms with E-state index in [0.29, 0.717) is 0 Å². The molecule has 0 aliphatic carbocycles. The molecule has 0 bridgehead atoms. The maximum Gasteiger partial charge on any atom is 0.437 e. The van der Waals surface area contributed by atoms with Gasteiger partial charge in [-0.15, -0.1) is 0 Å². The number of alkyl halides is 7. The first-order chi connectivity index (χ1) is 7.11. The second-order valence-corrected chi connectivity index (χ2v) is 2.76. The van der Waals surface area contributed by atoms with Crippen LogP contribution in [-0.4, -0.2) is 22.5 Å². The summed E-state index contributed by atoms with van der Waals surface area (Å²) in [4.78, 5) is 0. The van der Waals surface area contributed by atoms with Gasteiger partial charge in [0.1, 0.15) is 5.69 Å². The van der Waals surface area contributed by atoms with Crippen molar-refractivity contribution >= 4 is 0 Å². The largest absolute Gasteiger partial charge is 0.437 e. The van der Waals surface area contributed by atoms with Crippen LogP contribution in [0.2, 0.25) is 0 Å². The lowest BCUT2D eigenvalue weighted by molar-refractivity contribution is -0.350. The first-order valence-electron chi connectivity index (χ1n) is 3.71. The van der Waals surface area contributed by atoms with Gasteiger partial charge in [-0.25, -0.2) is 4.39 Å². The van der Waals surface area contributed by atoms with E-state index < -0.39 is 23.7 Å². The third-order valence-electron chi connectivity index (χ3n) is 1.71. The van der Waals surface area contributed by atoms with Crippen LogP contribution < -0.4 is 0 Å². The summed E-state index contributed by atoms with van der Waals surface area (Å²) in [5.41, 5.74) is -7.34. The SMILES string of the molecule is FC(F)(F)C(F)(c1cccnn1)C(F)(F)F. The van der Waals surface area contributed by atoms with E-state index in [4.69, 9.17) is 0 Å². The number of nitrogens with zero attached hydrogens (tertiary/aromatic N) is 2. The topological polar surface area (TPSA) is 25.8 Å². The van der Waals surface area contributed by atoms with Crippen LogP contribution in [0.3, 0.4) is 0 Å². The summed E-state index contributed by atoms with van der Waals surface area (Å²) in [5, 5.41) is 5.31. The minimum absolute atomic E-state index is 0.272. The Bertz CT molecular complexity index is 341. The van der Waals surface area contributed by atoms with Gasteiger partial charge in [-0.3, -0.25) is 0 Å². The summed E-state index contributed by atoms with van der Waals surface area (Å²) in [7, 11) is 0. The van der Waals surface area contributed by atoms with Crippen LogP contribution in [0.4, 0.5) is 30.7 Å². The Morgan fingerprint density at radius 3 is 1.69 bits per heavy atom. The molecule has 0 spiro atoms. The smallest absolute Gasteiger partial charge is 0.216 e. The fraction of sp³-hybridized carbons (Fsp3) is 0.429. The van der Waals surface area contributed by atoms with E-state index in [-0.39, 0.29) is 6.07 Å². The molecule has 0 fully saturated rings. The Hall–Kier alpha value is -1.41. The molecule has 1 aromatic heterocycles. The maximum atomic E-state index is 13.2. The van der Waals surface area contributed by atoms with Gasteiger partial charge in [-0.2, -0.15) is 36.5 Å². The highest BCUT2D eigenvalue weighted by molar-refractivity contribution is 5.16. The van der Waals surface area contributed by atoms with Crippen molar-refractivity contribution in [1.82, 2.24) is 10.2 Å². The standard InChI is InChI=1S/C7H3F7N2/c8-5(6(9,10)11,7(12,13)14)4-2-1-3-15-16-4/h1-3H. The van der Waals surface area contributed by atoms with Crippen molar-refractivity contribution in [3.05, 3.63) is 24.0 Å². The highest BCUT2D eigenvalue weighted by Gasteiger charge is 2.74. The molecule has 0 amide bonds. The molecule has 0 aliphatic rings. The Balaban J connectivity index is 3.39. The van der Waals surface area contributed by atoms with E-state index in [2.05, 4.69) is 10.2 Å². The molecule has 16 heavy (non-hydrogen) atoms. The number of halogens is 7. The second-order valence-electron chi connectivity index (χ2n) is 2.76.